The smallest absolute Gasteiger partial charge is 0.204 e. The molecular formula is C22H25N5O3. The first-order valence-corrected chi connectivity index (χ1v) is 10.7. The topological polar surface area (TPSA) is 85.5 Å². The highest BCUT2D eigenvalue weighted by Crippen LogP contribution is 2.50. The third kappa shape index (κ3) is 2.81. The van der Waals surface area contributed by atoms with Crippen molar-refractivity contribution in [2.24, 2.45) is 0 Å². The van der Waals surface area contributed by atoms with E-state index in [0.29, 0.717) is 47.9 Å². The van der Waals surface area contributed by atoms with Crippen LogP contribution in [0.15, 0.2) is 18.5 Å². The Kier molecular flexibility index (Phi) is 4.09. The van der Waals surface area contributed by atoms with Gasteiger partial charge in [0.2, 0.25) is 5.75 Å². The first-order valence-electron chi connectivity index (χ1n) is 10.7. The fourth-order valence-corrected chi connectivity index (χ4v) is 4.79. The van der Waals surface area contributed by atoms with Gasteiger partial charge >= 0.3 is 0 Å². The second-order valence-corrected chi connectivity index (χ2v) is 8.60. The number of likely N-dealkylation sites (tertiary alicyclic amines) is 1. The number of benzene rings is 1. The van der Waals surface area contributed by atoms with Crippen LogP contribution in [0.2, 0.25) is 0 Å². The number of phenolic OH excluding ortho intramolecular Hbond substituents is 1. The standard InChI is InChI=1S/C22H25N5O3/c1-26-8-2-3-14(11-26)27-12-23-19-17(13-4-5-13)18(24-25-22(19)27)15-6-7-16-21(20(15)28)30-10-9-29-16/h6-7,12-14,28H,2-5,8-11H2,1H3/t14-/m1/s1. The molecule has 0 amide bonds. The van der Waals surface area contributed by atoms with E-state index in [9.17, 15) is 5.11 Å². The average Bonchev–Trinajstić information content (AvgIpc) is 3.51. The number of aromatic nitrogens is 4. The van der Waals surface area contributed by atoms with E-state index in [1.807, 2.05) is 18.5 Å². The number of piperidine rings is 1. The zero-order chi connectivity index (χ0) is 20.2. The van der Waals surface area contributed by atoms with E-state index in [2.05, 4.69) is 26.7 Å². The second-order valence-electron chi connectivity index (χ2n) is 8.60. The third-order valence-corrected chi connectivity index (χ3v) is 6.44. The number of rotatable bonds is 3. The van der Waals surface area contributed by atoms with Gasteiger partial charge in [-0.3, -0.25) is 0 Å². The van der Waals surface area contributed by atoms with Gasteiger partial charge in [-0.1, -0.05) is 0 Å². The van der Waals surface area contributed by atoms with Crippen LogP contribution in [0.3, 0.4) is 0 Å². The molecule has 1 saturated carbocycles. The Labute approximate surface area is 174 Å². The maximum absolute atomic E-state index is 10.9. The molecule has 0 unspecified atom stereocenters. The molecule has 2 aliphatic heterocycles. The summed E-state index contributed by atoms with van der Waals surface area (Å²) >= 11 is 0. The van der Waals surface area contributed by atoms with Crippen LogP contribution in [0.25, 0.3) is 22.4 Å². The van der Waals surface area contributed by atoms with E-state index in [0.717, 1.165) is 49.1 Å². The van der Waals surface area contributed by atoms with Crippen LogP contribution in [0.5, 0.6) is 17.2 Å². The highest BCUT2D eigenvalue weighted by molar-refractivity contribution is 5.86. The number of phenols is 1. The molecule has 156 valence electrons. The van der Waals surface area contributed by atoms with Gasteiger partial charge in [0.25, 0.3) is 0 Å². The zero-order valence-electron chi connectivity index (χ0n) is 17.0. The lowest BCUT2D eigenvalue weighted by molar-refractivity contribution is 0.166. The fourth-order valence-electron chi connectivity index (χ4n) is 4.79. The lowest BCUT2D eigenvalue weighted by atomic mass is 10.0. The van der Waals surface area contributed by atoms with Gasteiger partial charge in [-0.2, -0.15) is 0 Å². The molecule has 2 fully saturated rings. The molecule has 2 aromatic heterocycles. The SMILES string of the molecule is CN1CCC[C@@H](n2cnc3c(C4CC4)c(-c4ccc5c(c4O)OCCO5)nnc32)C1. The van der Waals surface area contributed by atoms with Crippen molar-refractivity contribution in [3.05, 3.63) is 24.0 Å². The maximum Gasteiger partial charge on any atom is 0.204 e. The molecule has 0 bridgehead atoms. The van der Waals surface area contributed by atoms with Crippen molar-refractivity contribution in [2.75, 3.05) is 33.4 Å². The predicted molar refractivity (Wildman–Crippen MR) is 111 cm³/mol. The van der Waals surface area contributed by atoms with Crippen molar-refractivity contribution in [3.63, 3.8) is 0 Å². The van der Waals surface area contributed by atoms with Crippen molar-refractivity contribution in [1.82, 2.24) is 24.6 Å². The van der Waals surface area contributed by atoms with Crippen LogP contribution in [-0.2, 0) is 0 Å². The molecule has 8 nitrogen and oxygen atoms in total. The third-order valence-electron chi connectivity index (χ3n) is 6.44. The van der Waals surface area contributed by atoms with E-state index in [4.69, 9.17) is 14.5 Å². The Morgan fingerprint density at radius 3 is 2.80 bits per heavy atom. The summed E-state index contributed by atoms with van der Waals surface area (Å²) in [5.74, 6) is 1.42. The average molecular weight is 407 g/mol. The lowest BCUT2D eigenvalue weighted by Crippen LogP contribution is -2.33. The van der Waals surface area contributed by atoms with Crippen LogP contribution < -0.4 is 9.47 Å². The van der Waals surface area contributed by atoms with Crippen LogP contribution in [0, 0.1) is 0 Å². The summed E-state index contributed by atoms with van der Waals surface area (Å²) in [4.78, 5) is 7.15. The van der Waals surface area contributed by atoms with E-state index in [1.165, 1.54) is 6.42 Å². The van der Waals surface area contributed by atoms with E-state index >= 15 is 0 Å². The molecule has 1 aliphatic carbocycles. The Bertz CT molecular complexity index is 1120. The molecule has 3 aromatic rings. The number of fused-ring (bicyclic) bond motifs is 2. The van der Waals surface area contributed by atoms with Crippen LogP contribution in [0.1, 0.15) is 43.2 Å². The summed E-state index contributed by atoms with van der Waals surface area (Å²) in [6.07, 6.45) is 6.44. The van der Waals surface area contributed by atoms with Crippen molar-refractivity contribution < 1.29 is 14.6 Å². The molecule has 4 heterocycles. The summed E-state index contributed by atoms with van der Waals surface area (Å²) in [5.41, 5.74) is 4.17. The summed E-state index contributed by atoms with van der Waals surface area (Å²) in [7, 11) is 2.16. The minimum atomic E-state index is 0.0658. The summed E-state index contributed by atoms with van der Waals surface area (Å²) in [6, 6.07) is 4.05. The van der Waals surface area contributed by atoms with Gasteiger partial charge in [-0.15, -0.1) is 10.2 Å². The number of aromatic hydroxyl groups is 1. The Morgan fingerprint density at radius 2 is 1.97 bits per heavy atom. The number of likely N-dealkylation sites (N-methyl/N-ethyl adjacent to an activating group) is 1. The minimum Gasteiger partial charge on any atom is -0.504 e. The van der Waals surface area contributed by atoms with Gasteiger partial charge < -0.3 is 24.0 Å². The molecule has 30 heavy (non-hydrogen) atoms. The Balaban J connectivity index is 1.49. The number of imidazole rings is 1. The van der Waals surface area contributed by atoms with Gasteiger partial charge in [0.1, 0.15) is 24.4 Å². The Morgan fingerprint density at radius 1 is 1.10 bits per heavy atom. The molecule has 8 heteroatoms. The number of nitrogens with zero attached hydrogens (tertiary/aromatic N) is 5. The number of hydrogen-bond acceptors (Lipinski definition) is 7. The van der Waals surface area contributed by atoms with E-state index in [-0.39, 0.29) is 5.75 Å². The molecule has 1 aromatic carbocycles. The monoisotopic (exact) mass is 407 g/mol. The van der Waals surface area contributed by atoms with Crippen LogP contribution >= 0.6 is 0 Å². The zero-order valence-corrected chi connectivity index (χ0v) is 17.0. The van der Waals surface area contributed by atoms with E-state index < -0.39 is 0 Å². The molecule has 3 aliphatic rings. The highest BCUT2D eigenvalue weighted by Gasteiger charge is 2.34. The molecule has 0 spiro atoms. The highest BCUT2D eigenvalue weighted by atomic mass is 16.6. The van der Waals surface area contributed by atoms with E-state index in [1.54, 1.807) is 0 Å². The molecule has 6 rings (SSSR count). The summed E-state index contributed by atoms with van der Waals surface area (Å²) in [6.45, 7) is 3.04. The van der Waals surface area contributed by atoms with Crippen molar-refractivity contribution in [1.29, 1.82) is 0 Å². The number of hydrogen-bond donors (Lipinski definition) is 1. The van der Waals surface area contributed by atoms with Crippen molar-refractivity contribution >= 4 is 11.2 Å². The minimum absolute atomic E-state index is 0.0658. The largest absolute Gasteiger partial charge is 0.504 e. The van der Waals surface area contributed by atoms with Gasteiger partial charge in [-0.05, 0) is 57.3 Å². The molecule has 1 N–H and O–H groups in total. The van der Waals surface area contributed by atoms with Crippen LogP contribution in [0.4, 0.5) is 0 Å². The maximum atomic E-state index is 10.9. The summed E-state index contributed by atoms with van der Waals surface area (Å²) in [5, 5.41) is 20.1. The number of ether oxygens (including phenoxy) is 2. The Hall–Kier alpha value is -2.87. The van der Waals surface area contributed by atoms with Gasteiger partial charge in [0.05, 0.1) is 6.33 Å². The first kappa shape index (κ1) is 17.9. The van der Waals surface area contributed by atoms with Gasteiger partial charge in [-0.25, -0.2) is 4.98 Å². The van der Waals surface area contributed by atoms with Crippen molar-refractivity contribution in [2.45, 2.75) is 37.6 Å². The van der Waals surface area contributed by atoms with Gasteiger partial charge in [0, 0.05) is 23.7 Å². The molecule has 0 radical (unpaired) electrons. The van der Waals surface area contributed by atoms with Crippen LogP contribution in [-0.4, -0.2) is 63.1 Å². The normalized spacial score (nSPS) is 21.8. The lowest BCUT2D eigenvalue weighted by Gasteiger charge is -2.30. The van der Waals surface area contributed by atoms with Gasteiger partial charge in [0.15, 0.2) is 17.1 Å². The fraction of sp³-hybridized carbons (Fsp3) is 0.500. The summed E-state index contributed by atoms with van der Waals surface area (Å²) < 4.78 is 13.5. The predicted octanol–water partition coefficient (Wildman–Crippen LogP) is 3.11. The molecular weight excluding hydrogens is 382 g/mol. The van der Waals surface area contributed by atoms with Crippen molar-refractivity contribution in [3.8, 4) is 28.5 Å². The molecule has 1 saturated heterocycles. The first-order chi connectivity index (χ1) is 14.7. The quantitative estimate of drug-likeness (QED) is 0.714. The molecule has 1 atom stereocenters. The second kappa shape index (κ2) is 6.84.